The summed E-state index contributed by atoms with van der Waals surface area (Å²) in [7, 11) is 1.58. The number of imide groups is 1. The number of benzene rings is 2. The van der Waals surface area contributed by atoms with Crippen molar-refractivity contribution in [3.05, 3.63) is 58.7 Å². The lowest BCUT2D eigenvalue weighted by Gasteiger charge is -2.15. The van der Waals surface area contributed by atoms with Gasteiger partial charge in [0.05, 0.1) is 10.2 Å². The minimum atomic E-state index is -0.376. The first kappa shape index (κ1) is 21.4. The van der Waals surface area contributed by atoms with Gasteiger partial charge in [0, 0.05) is 25.5 Å². The van der Waals surface area contributed by atoms with E-state index in [1.165, 1.54) is 17.0 Å². The number of carbonyl (C=O) groups is 2. The number of carbonyl (C=O) groups excluding carboxylic acids is 2. The third kappa shape index (κ3) is 4.42. The molecule has 0 radical (unpaired) electrons. The summed E-state index contributed by atoms with van der Waals surface area (Å²) in [5, 5.41) is 25.3. The maximum absolute atomic E-state index is 12.2. The summed E-state index contributed by atoms with van der Waals surface area (Å²) in [6, 6.07) is 11.0. The monoisotopic (exact) mass is 498 g/mol. The molecule has 1 fully saturated rings. The fourth-order valence-electron chi connectivity index (χ4n) is 3.14. The van der Waals surface area contributed by atoms with E-state index in [-0.39, 0.29) is 30.0 Å². The number of hydrogen-bond acceptors (Lipinski definition) is 8. The molecule has 0 unspecified atom stereocenters. The Hall–Kier alpha value is -3.86. The van der Waals surface area contributed by atoms with E-state index in [1.807, 2.05) is 0 Å². The van der Waals surface area contributed by atoms with Gasteiger partial charge in [-0.3, -0.25) is 4.79 Å². The molecule has 0 atom stereocenters. The fourth-order valence-corrected chi connectivity index (χ4v) is 3.47. The molecule has 0 saturated carbocycles. The van der Waals surface area contributed by atoms with Crippen molar-refractivity contribution >= 4 is 51.0 Å². The molecule has 32 heavy (non-hydrogen) atoms. The molecule has 3 amide bonds. The number of aromatic hydroxyl groups is 2. The number of nitrogens with zero attached hydrogens (tertiary/aromatic N) is 4. The number of halogens is 1. The highest BCUT2D eigenvalue weighted by Crippen LogP contribution is 2.28. The van der Waals surface area contributed by atoms with E-state index in [9.17, 15) is 19.8 Å². The molecule has 0 aliphatic carbocycles. The van der Waals surface area contributed by atoms with Gasteiger partial charge in [-0.25, -0.2) is 14.7 Å². The number of amides is 3. The summed E-state index contributed by atoms with van der Waals surface area (Å²) in [6.45, 7) is 0.394. The molecule has 2 heterocycles. The van der Waals surface area contributed by atoms with Gasteiger partial charge in [0.25, 0.3) is 5.91 Å². The summed E-state index contributed by atoms with van der Waals surface area (Å²) < 4.78 is 0.635. The molecule has 0 bridgehead atoms. The van der Waals surface area contributed by atoms with E-state index in [2.05, 4.69) is 36.5 Å². The Labute approximate surface area is 191 Å². The van der Waals surface area contributed by atoms with Gasteiger partial charge in [-0.1, -0.05) is 12.1 Å². The molecule has 4 N–H and O–H groups in total. The predicted molar refractivity (Wildman–Crippen MR) is 122 cm³/mol. The number of hydrogen-bond donors (Lipinski definition) is 4. The normalized spacial score (nSPS) is 13.6. The zero-order valence-corrected chi connectivity index (χ0v) is 18.5. The molecule has 1 aliphatic heterocycles. The van der Waals surface area contributed by atoms with Crippen molar-refractivity contribution in [1.29, 1.82) is 0 Å². The van der Waals surface area contributed by atoms with Crippen LogP contribution in [0.3, 0.4) is 0 Å². The third-order valence-corrected chi connectivity index (χ3v) is 5.32. The van der Waals surface area contributed by atoms with Crippen LogP contribution in [0.5, 0.6) is 11.5 Å². The summed E-state index contributed by atoms with van der Waals surface area (Å²) in [6.07, 6.45) is 1.58. The number of anilines is 4. The van der Waals surface area contributed by atoms with E-state index in [0.717, 1.165) is 10.5 Å². The fraction of sp³-hybridized carbons (Fsp3) is 0.143. The molecule has 2 aromatic carbocycles. The zero-order valence-electron chi connectivity index (χ0n) is 16.9. The van der Waals surface area contributed by atoms with Crippen LogP contribution in [0.15, 0.2) is 53.1 Å². The van der Waals surface area contributed by atoms with Crippen LogP contribution in [-0.2, 0) is 11.3 Å². The highest BCUT2D eigenvalue weighted by Gasteiger charge is 2.34. The number of phenolic OH excluding ortho intramolecular Hbond substituents is 2. The van der Waals surface area contributed by atoms with Crippen LogP contribution < -0.4 is 15.5 Å². The second kappa shape index (κ2) is 8.71. The number of phenols is 2. The lowest BCUT2D eigenvalue weighted by atomic mass is 10.2. The molecule has 1 aliphatic rings. The number of rotatable bonds is 6. The predicted octanol–water partition coefficient (Wildman–Crippen LogP) is 3.40. The maximum Gasteiger partial charge on any atom is 0.331 e. The quantitative estimate of drug-likeness (QED) is 0.300. The Balaban J connectivity index is 1.50. The van der Waals surface area contributed by atoms with Gasteiger partial charge in [0.1, 0.15) is 12.4 Å². The summed E-state index contributed by atoms with van der Waals surface area (Å²) in [5.74, 6) is 0.140. The van der Waals surface area contributed by atoms with Crippen LogP contribution in [0, 0.1) is 0 Å². The Kier molecular flexibility index (Phi) is 5.82. The van der Waals surface area contributed by atoms with E-state index in [0.29, 0.717) is 34.2 Å². The Bertz CT molecular complexity index is 1200. The van der Waals surface area contributed by atoms with Crippen LogP contribution in [0.25, 0.3) is 0 Å². The number of nitrogens with one attached hydrogen (secondary N) is 2. The van der Waals surface area contributed by atoms with Crippen LogP contribution >= 0.6 is 15.9 Å². The highest BCUT2D eigenvalue weighted by atomic mass is 79.9. The molecule has 10 nitrogen and oxygen atoms in total. The van der Waals surface area contributed by atoms with Crippen LogP contribution in [0.4, 0.5) is 27.9 Å². The second-order valence-electron chi connectivity index (χ2n) is 7.11. The molecule has 3 aromatic rings. The van der Waals surface area contributed by atoms with Crippen molar-refractivity contribution in [2.24, 2.45) is 0 Å². The summed E-state index contributed by atoms with van der Waals surface area (Å²) in [5.41, 5.74) is 1.81. The van der Waals surface area contributed by atoms with E-state index < -0.39 is 0 Å². The van der Waals surface area contributed by atoms with Gasteiger partial charge < -0.3 is 25.7 Å². The molecule has 11 heteroatoms. The van der Waals surface area contributed by atoms with Gasteiger partial charge in [-0.15, -0.1) is 0 Å². The molecule has 0 spiro atoms. The van der Waals surface area contributed by atoms with Gasteiger partial charge in [-0.2, -0.15) is 4.98 Å². The Morgan fingerprint density at radius 3 is 2.66 bits per heavy atom. The minimum Gasteiger partial charge on any atom is -0.504 e. The van der Waals surface area contributed by atoms with Gasteiger partial charge >= 0.3 is 6.03 Å². The zero-order chi connectivity index (χ0) is 22.8. The Morgan fingerprint density at radius 2 is 1.94 bits per heavy atom. The molecule has 164 valence electrons. The van der Waals surface area contributed by atoms with Gasteiger partial charge in [-0.05, 0) is 51.8 Å². The molecular weight excluding hydrogens is 480 g/mol. The molecule has 4 rings (SSSR count). The van der Waals surface area contributed by atoms with Crippen molar-refractivity contribution in [2.75, 3.05) is 29.1 Å². The maximum atomic E-state index is 12.2. The van der Waals surface area contributed by atoms with Crippen molar-refractivity contribution in [2.45, 2.75) is 6.54 Å². The summed E-state index contributed by atoms with van der Waals surface area (Å²) in [4.78, 5) is 35.6. The smallest absolute Gasteiger partial charge is 0.331 e. The number of urea groups is 1. The van der Waals surface area contributed by atoms with E-state index in [1.54, 1.807) is 43.6 Å². The van der Waals surface area contributed by atoms with Crippen LogP contribution in [0.2, 0.25) is 0 Å². The second-order valence-corrected chi connectivity index (χ2v) is 7.96. The average molecular weight is 499 g/mol. The van der Waals surface area contributed by atoms with Crippen molar-refractivity contribution in [3.8, 4) is 11.5 Å². The molecule has 1 aromatic heterocycles. The first-order valence-corrected chi connectivity index (χ1v) is 10.3. The summed E-state index contributed by atoms with van der Waals surface area (Å²) >= 11 is 3.40. The molecular formula is C21H19BrN6O4. The number of aromatic nitrogens is 2. The van der Waals surface area contributed by atoms with Gasteiger partial charge in [0.2, 0.25) is 5.95 Å². The first-order chi connectivity index (χ1) is 15.3. The minimum absolute atomic E-state index is 0.0418. The average Bonchev–Trinajstić information content (AvgIpc) is 3.02. The van der Waals surface area contributed by atoms with Crippen molar-refractivity contribution < 1.29 is 19.8 Å². The van der Waals surface area contributed by atoms with Crippen molar-refractivity contribution in [1.82, 2.24) is 14.9 Å². The van der Waals surface area contributed by atoms with E-state index >= 15 is 0 Å². The molecule has 1 saturated heterocycles. The third-order valence-electron chi connectivity index (χ3n) is 4.74. The lowest BCUT2D eigenvalue weighted by Crippen LogP contribution is -2.31. The SMILES string of the molecule is CN1CC(=O)N(c2cccc(Nc3ncc(Br)c(NCc4ccc(O)c(O)c4)n3)c2)C1=O. The van der Waals surface area contributed by atoms with Crippen molar-refractivity contribution in [3.63, 3.8) is 0 Å². The standard InChI is InChI=1S/C21H19BrN6O4/c1-27-11-18(31)28(21(27)32)14-4-2-3-13(8-14)25-20-24-10-15(22)19(26-20)23-9-12-5-6-16(29)17(30)7-12/h2-8,10,29-30H,9,11H2,1H3,(H2,23,24,25,26). The van der Waals surface area contributed by atoms with Crippen LogP contribution in [0.1, 0.15) is 5.56 Å². The first-order valence-electron chi connectivity index (χ1n) is 9.54. The Morgan fingerprint density at radius 1 is 1.12 bits per heavy atom. The lowest BCUT2D eigenvalue weighted by molar-refractivity contribution is -0.116. The van der Waals surface area contributed by atoms with Crippen LogP contribution in [-0.4, -0.2) is 50.6 Å². The number of likely N-dealkylation sites (N-methyl/N-ethyl adjacent to an activating group) is 1. The topological polar surface area (TPSA) is 131 Å². The highest BCUT2D eigenvalue weighted by molar-refractivity contribution is 9.10. The van der Waals surface area contributed by atoms with Gasteiger partial charge in [0.15, 0.2) is 11.5 Å². The largest absolute Gasteiger partial charge is 0.504 e. The van der Waals surface area contributed by atoms with E-state index in [4.69, 9.17) is 0 Å².